The van der Waals surface area contributed by atoms with E-state index in [1.807, 2.05) is 0 Å². The molecule has 3 heteroatoms. The van der Waals surface area contributed by atoms with E-state index < -0.39 is 0 Å². The van der Waals surface area contributed by atoms with Crippen molar-refractivity contribution in [2.24, 2.45) is 17.1 Å². The molecule has 1 saturated carbocycles. The van der Waals surface area contributed by atoms with E-state index >= 15 is 0 Å². The number of hydrogen-bond acceptors (Lipinski definition) is 3. The molecule has 0 bridgehead atoms. The summed E-state index contributed by atoms with van der Waals surface area (Å²) in [5.41, 5.74) is 6.44. The van der Waals surface area contributed by atoms with Gasteiger partial charge in [0.2, 0.25) is 0 Å². The van der Waals surface area contributed by atoms with Crippen LogP contribution < -0.4 is 5.73 Å². The zero-order valence-electron chi connectivity index (χ0n) is 10.9. The molecule has 1 aliphatic carbocycles. The second kappa shape index (κ2) is 4.87. The number of thioether (sulfide) groups is 1. The summed E-state index contributed by atoms with van der Waals surface area (Å²) in [6.07, 6.45) is 4.13. The Kier molecular flexibility index (Phi) is 3.87. The lowest BCUT2D eigenvalue weighted by atomic mass is 9.87. The van der Waals surface area contributed by atoms with Gasteiger partial charge in [0.1, 0.15) is 0 Å². The van der Waals surface area contributed by atoms with E-state index in [0.717, 1.165) is 18.5 Å². The molecule has 0 amide bonds. The van der Waals surface area contributed by atoms with E-state index in [1.165, 1.54) is 30.8 Å². The Bertz CT molecular complexity index is 238. The van der Waals surface area contributed by atoms with Gasteiger partial charge in [-0.25, -0.2) is 0 Å². The summed E-state index contributed by atoms with van der Waals surface area (Å²) in [7, 11) is 2.29. The highest BCUT2D eigenvalue weighted by atomic mass is 32.2. The second-order valence-corrected chi connectivity index (χ2v) is 7.37. The number of rotatable bonds is 4. The highest BCUT2D eigenvalue weighted by molar-refractivity contribution is 7.99. The summed E-state index contributed by atoms with van der Waals surface area (Å²) in [6, 6.07) is 1.38. The van der Waals surface area contributed by atoms with Crippen LogP contribution in [-0.2, 0) is 0 Å². The van der Waals surface area contributed by atoms with Crippen LogP contribution >= 0.6 is 11.8 Å². The number of nitrogens with two attached hydrogens (primary N) is 1. The Hall–Kier alpha value is 0.270. The maximum absolute atomic E-state index is 5.94. The Morgan fingerprint density at radius 3 is 2.62 bits per heavy atom. The topological polar surface area (TPSA) is 29.3 Å². The van der Waals surface area contributed by atoms with Gasteiger partial charge in [-0.2, -0.15) is 11.8 Å². The fourth-order valence-corrected chi connectivity index (χ4v) is 4.34. The highest BCUT2D eigenvalue weighted by Crippen LogP contribution is 2.39. The molecule has 2 atom stereocenters. The van der Waals surface area contributed by atoms with Gasteiger partial charge in [0.05, 0.1) is 0 Å². The molecular weight excluding hydrogens is 216 g/mol. The maximum atomic E-state index is 5.94. The van der Waals surface area contributed by atoms with E-state index in [9.17, 15) is 0 Å². The Balaban J connectivity index is 1.94. The lowest BCUT2D eigenvalue weighted by molar-refractivity contribution is 0.132. The van der Waals surface area contributed by atoms with Gasteiger partial charge in [0.15, 0.2) is 0 Å². The zero-order chi connectivity index (χ0) is 11.8. The minimum Gasteiger partial charge on any atom is -0.329 e. The van der Waals surface area contributed by atoms with Crippen molar-refractivity contribution in [2.75, 3.05) is 25.1 Å². The first kappa shape index (κ1) is 12.7. The average molecular weight is 242 g/mol. The third-order valence-corrected chi connectivity index (χ3v) is 5.70. The molecule has 2 nitrogen and oxygen atoms in total. The van der Waals surface area contributed by atoms with Crippen LogP contribution in [0.2, 0.25) is 0 Å². The van der Waals surface area contributed by atoms with Gasteiger partial charge >= 0.3 is 0 Å². The molecule has 1 saturated heterocycles. The predicted octanol–water partition coefficient (Wildman–Crippen LogP) is 2.19. The summed E-state index contributed by atoms with van der Waals surface area (Å²) >= 11 is 2.12. The van der Waals surface area contributed by atoms with Gasteiger partial charge in [0.25, 0.3) is 0 Å². The Morgan fingerprint density at radius 2 is 2.12 bits per heavy atom. The zero-order valence-corrected chi connectivity index (χ0v) is 11.7. The van der Waals surface area contributed by atoms with Crippen molar-refractivity contribution in [3.8, 4) is 0 Å². The number of likely N-dealkylation sites (N-methyl/N-ethyl adjacent to an activating group) is 1. The Labute approximate surface area is 104 Å². The summed E-state index contributed by atoms with van der Waals surface area (Å²) in [5.74, 6) is 3.50. The van der Waals surface area contributed by atoms with Crippen LogP contribution in [0, 0.1) is 11.3 Å². The van der Waals surface area contributed by atoms with Crippen molar-refractivity contribution in [2.45, 2.75) is 45.2 Å². The van der Waals surface area contributed by atoms with Crippen LogP contribution in [0.25, 0.3) is 0 Å². The summed E-state index contributed by atoms with van der Waals surface area (Å²) in [5, 5.41) is 0. The van der Waals surface area contributed by atoms with Crippen LogP contribution in [0.3, 0.4) is 0 Å². The van der Waals surface area contributed by atoms with E-state index in [4.69, 9.17) is 5.73 Å². The normalized spacial score (nSPS) is 31.7. The molecule has 1 heterocycles. The first-order valence-corrected chi connectivity index (χ1v) is 7.69. The minimum atomic E-state index is 0.505. The number of nitrogens with zero attached hydrogens (tertiary/aromatic N) is 1. The van der Waals surface area contributed by atoms with Crippen molar-refractivity contribution in [3.63, 3.8) is 0 Å². The average Bonchev–Trinajstić information content (AvgIpc) is 3.01. The van der Waals surface area contributed by atoms with Crippen molar-refractivity contribution in [1.82, 2.24) is 4.90 Å². The molecular formula is C13H26N2S. The molecule has 2 rings (SSSR count). The van der Waals surface area contributed by atoms with Gasteiger partial charge in [-0.1, -0.05) is 13.8 Å². The van der Waals surface area contributed by atoms with Crippen LogP contribution in [0.5, 0.6) is 0 Å². The summed E-state index contributed by atoms with van der Waals surface area (Å²) in [6.45, 7) is 5.63. The summed E-state index contributed by atoms with van der Waals surface area (Å²) < 4.78 is 0. The van der Waals surface area contributed by atoms with Crippen molar-refractivity contribution in [3.05, 3.63) is 0 Å². The van der Waals surface area contributed by atoms with Gasteiger partial charge in [-0.3, -0.25) is 4.90 Å². The Morgan fingerprint density at radius 1 is 1.44 bits per heavy atom. The van der Waals surface area contributed by atoms with Gasteiger partial charge in [-0.05, 0) is 43.4 Å². The molecule has 0 aromatic carbocycles. The van der Waals surface area contributed by atoms with Crippen LogP contribution in [0.15, 0.2) is 0 Å². The van der Waals surface area contributed by atoms with Crippen LogP contribution in [0.1, 0.15) is 33.1 Å². The molecule has 0 aromatic heterocycles. The van der Waals surface area contributed by atoms with Crippen molar-refractivity contribution in [1.29, 1.82) is 0 Å². The minimum absolute atomic E-state index is 0.505. The van der Waals surface area contributed by atoms with Crippen molar-refractivity contribution < 1.29 is 0 Å². The van der Waals surface area contributed by atoms with E-state index in [1.54, 1.807) is 0 Å². The molecule has 0 radical (unpaired) electrons. The second-order valence-electron chi connectivity index (χ2n) is 6.34. The molecule has 1 aliphatic heterocycles. The largest absolute Gasteiger partial charge is 0.329 e. The third kappa shape index (κ3) is 2.93. The van der Waals surface area contributed by atoms with Gasteiger partial charge < -0.3 is 5.73 Å². The fraction of sp³-hybridized carbons (Fsp3) is 1.00. The molecule has 2 aliphatic rings. The standard InChI is InChI=1S/C13H26N2S/c1-13(2)6-11(8-16-9-13)15(3)12(7-14)10-4-5-10/h10-12H,4-9,14H2,1-3H3. The lowest BCUT2D eigenvalue weighted by Gasteiger charge is -2.42. The summed E-state index contributed by atoms with van der Waals surface area (Å²) in [4.78, 5) is 2.59. The predicted molar refractivity (Wildman–Crippen MR) is 72.8 cm³/mol. The highest BCUT2D eigenvalue weighted by Gasteiger charge is 2.38. The molecule has 94 valence electrons. The molecule has 2 fully saturated rings. The van der Waals surface area contributed by atoms with Crippen LogP contribution in [-0.4, -0.2) is 42.1 Å². The lowest BCUT2D eigenvalue weighted by Crippen LogP contribution is -2.50. The first-order valence-electron chi connectivity index (χ1n) is 6.53. The van der Waals surface area contributed by atoms with Crippen LogP contribution in [0.4, 0.5) is 0 Å². The van der Waals surface area contributed by atoms with E-state index in [-0.39, 0.29) is 0 Å². The first-order chi connectivity index (χ1) is 7.53. The molecule has 2 unspecified atom stereocenters. The van der Waals surface area contributed by atoms with Crippen molar-refractivity contribution >= 4 is 11.8 Å². The fourth-order valence-electron chi connectivity index (χ4n) is 2.93. The van der Waals surface area contributed by atoms with Gasteiger partial charge in [0, 0.05) is 24.4 Å². The molecule has 0 spiro atoms. The van der Waals surface area contributed by atoms with E-state index in [2.05, 4.69) is 37.6 Å². The maximum Gasteiger partial charge on any atom is 0.0246 e. The third-order valence-electron chi connectivity index (χ3n) is 4.10. The number of hydrogen-bond donors (Lipinski definition) is 1. The molecule has 16 heavy (non-hydrogen) atoms. The SMILES string of the molecule is CN(C1CSCC(C)(C)C1)C(CN)C1CC1. The molecule has 2 N–H and O–H groups in total. The van der Waals surface area contributed by atoms with E-state index in [0.29, 0.717) is 11.5 Å². The smallest absolute Gasteiger partial charge is 0.0246 e. The molecule has 0 aromatic rings. The monoisotopic (exact) mass is 242 g/mol. The van der Waals surface area contributed by atoms with Gasteiger partial charge in [-0.15, -0.1) is 0 Å². The quantitative estimate of drug-likeness (QED) is 0.819.